The molecule has 0 aliphatic rings. The summed E-state index contributed by atoms with van der Waals surface area (Å²) in [5.74, 6) is 0.340. The van der Waals surface area contributed by atoms with E-state index in [0.29, 0.717) is 17.2 Å². The fourth-order valence-corrected chi connectivity index (χ4v) is 1.94. The second kappa shape index (κ2) is 6.57. The molecule has 0 bridgehead atoms. The lowest BCUT2D eigenvalue weighted by atomic mass is 10.2. The predicted molar refractivity (Wildman–Crippen MR) is 81.8 cm³/mol. The van der Waals surface area contributed by atoms with Crippen LogP contribution in [0.4, 0.5) is 14.6 Å². The van der Waals surface area contributed by atoms with Gasteiger partial charge in [-0.1, -0.05) is 17.3 Å². The van der Waals surface area contributed by atoms with Gasteiger partial charge in [0.1, 0.15) is 18.1 Å². The summed E-state index contributed by atoms with van der Waals surface area (Å²) in [5, 5.41) is 7.84. The first-order valence-corrected chi connectivity index (χ1v) is 7.04. The molecule has 0 amide bonds. The van der Waals surface area contributed by atoms with Gasteiger partial charge in [-0.3, -0.25) is 0 Å². The molecule has 0 radical (unpaired) electrons. The topological polar surface area (TPSA) is 91.7 Å². The van der Waals surface area contributed by atoms with E-state index in [1.54, 1.807) is 25.4 Å². The summed E-state index contributed by atoms with van der Waals surface area (Å²) in [6.45, 7) is 1.87. The van der Waals surface area contributed by atoms with Crippen molar-refractivity contribution in [1.29, 1.82) is 0 Å². The molecule has 1 aromatic carbocycles. The number of rotatable bonds is 5. The van der Waals surface area contributed by atoms with Crippen molar-refractivity contribution in [2.45, 2.75) is 20.0 Å². The fraction of sp³-hybridized carbons (Fsp3) is 0.200. The van der Waals surface area contributed by atoms with Gasteiger partial charge in [-0.15, -0.1) is 5.10 Å². The van der Waals surface area contributed by atoms with E-state index >= 15 is 0 Å². The maximum Gasteiger partial charge on any atom is 0.318 e. The molecular weight excluding hydrogens is 318 g/mol. The lowest BCUT2D eigenvalue weighted by Gasteiger charge is -2.04. The summed E-state index contributed by atoms with van der Waals surface area (Å²) >= 11 is 0. The van der Waals surface area contributed by atoms with Crippen LogP contribution in [0.1, 0.15) is 23.2 Å². The maximum absolute atomic E-state index is 12.7. The number of aryl methyl sites for hydroxylation is 1. The third kappa shape index (κ3) is 3.45. The zero-order valence-corrected chi connectivity index (χ0v) is 12.7. The fourth-order valence-electron chi connectivity index (χ4n) is 1.94. The number of hydrogen-bond acceptors (Lipinski definition) is 6. The summed E-state index contributed by atoms with van der Waals surface area (Å²) in [5.41, 5.74) is 7.35. The van der Waals surface area contributed by atoms with Gasteiger partial charge in [0.15, 0.2) is 0 Å². The highest BCUT2D eigenvalue weighted by Crippen LogP contribution is 2.21. The molecule has 24 heavy (non-hydrogen) atoms. The second-order valence-electron chi connectivity index (χ2n) is 5.06. The van der Waals surface area contributed by atoms with Crippen LogP contribution in [0, 0.1) is 6.92 Å². The highest BCUT2D eigenvalue weighted by atomic mass is 19.3. The third-order valence-corrected chi connectivity index (χ3v) is 3.27. The molecule has 2 N–H and O–H groups in total. The summed E-state index contributed by atoms with van der Waals surface area (Å²) in [4.78, 5) is 7.99. The van der Waals surface area contributed by atoms with Crippen molar-refractivity contribution in [2.24, 2.45) is 0 Å². The Kier molecular flexibility index (Phi) is 4.32. The molecule has 0 aliphatic heterocycles. The number of nitrogen functional groups attached to an aromatic ring is 1. The Morgan fingerprint density at radius 2 is 2.17 bits per heavy atom. The summed E-state index contributed by atoms with van der Waals surface area (Å²) in [6, 6.07) is 6.04. The Morgan fingerprint density at radius 1 is 1.33 bits per heavy atom. The van der Waals surface area contributed by atoms with Gasteiger partial charge >= 0.3 is 6.01 Å². The summed E-state index contributed by atoms with van der Waals surface area (Å²) in [6.07, 6.45) is 0.604. The van der Waals surface area contributed by atoms with Gasteiger partial charge in [0.2, 0.25) is 0 Å². The number of anilines is 1. The lowest BCUT2D eigenvalue weighted by Crippen LogP contribution is -2.03. The average molecular weight is 332 g/mol. The van der Waals surface area contributed by atoms with Crippen LogP contribution in [0.25, 0.3) is 5.69 Å². The quantitative estimate of drug-likeness (QED) is 0.772. The van der Waals surface area contributed by atoms with Gasteiger partial charge in [-0.25, -0.2) is 18.4 Å². The number of hydrogen-bond donors (Lipinski definition) is 1. The van der Waals surface area contributed by atoms with Crippen LogP contribution >= 0.6 is 0 Å². The number of alkyl halides is 2. The lowest BCUT2D eigenvalue weighted by molar-refractivity contribution is 0.151. The Balaban J connectivity index is 1.71. The standard InChI is InChI=1S/C15H14F2N6O/c1-9-6-19-15(20-14(9)18)24-8-11-7-23(22-21-11)12-4-2-3-10(5-12)13(16)17/h2-7,13H,8H2,1H3,(H2,18,19,20). The number of halogens is 2. The maximum atomic E-state index is 12.7. The van der Waals surface area contributed by atoms with Gasteiger partial charge in [0.05, 0.1) is 11.9 Å². The first-order chi connectivity index (χ1) is 11.5. The first kappa shape index (κ1) is 15.8. The number of aromatic nitrogens is 5. The van der Waals surface area contributed by atoms with Gasteiger partial charge < -0.3 is 10.5 Å². The highest BCUT2D eigenvalue weighted by Gasteiger charge is 2.10. The largest absolute Gasteiger partial charge is 0.457 e. The van der Waals surface area contributed by atoms with Crippen LogP contribution in [-0.2, 0) is 6.61 Å². The van der Waals surface area contributed by atoms with Crippen LogP contribution in [0.3, 0.4) is 0 Å². The monoisotopic (exact) mass is 332 g/mol. The first-order valence-electron chi connectivity index (χ1n) is 7.04. The smallest absolute Gasteiger partial charge is 0.318 e. The molecular formula is C15H14F2N6O. The van der Waals surface area contributed by atoms with E-state index < -0.39 is 6.43 Å². The van der Waals surface area contributed by atoms with Gasteiger partial charge in [0, 0.05) is 17.3 Å². The second-order valence-corrected chi connectivity index (χ2v) is 5.06. The van der Waals surface area contributed by atoms with Crippen LogP contribution in [0.2, 0.25) is 0 Å². The number of nitrogens with zero attached hydrogens (tertiary/aromatic N) is 5. The Labute approximate surface area is 136 Å². The molecule has 0 unspecified atom stereocenters. The molecule has 0 fully saturated rings. The molecule has 7 nitrogen and oxygen atoms in total. The normalized spacial score (nSPS) is 11.0. The molecule has 2 aromatic heterocycles. The van der Waals surface area contributed by atoms with E-state index in [9.17, 15) is 8.78 Å². The molecule has 0 saturated carbocycles. The van der Waals surface area contributed by atoms with Crippen molar-refractivity contribution in [2.75, 3.05) is 5.73 Å². The van der Waals surface area contributed by atoms with Crippen LogP contribution < -0.4 is 10.5 Å². The molecule has 3 aromatic rings. The molecule has 2 heterocycles. The molecule has 3 rings (SSSR count). The minimum atomic E-state index is -2.54. The Bertz CT molecular complexity index is 851. The van der Waals surface area contributed by atoms with Crippen molar-refractivity contribution in [3.63, 3.8) is 0 Å². The molecule has 0 saturated heterocycles. The van der Waals surface area contributed by atoms with E-state index in [1.807, 2.05) is 0 Å². The number of ether oxygens (including phenoxy) is 1. The zero-order chi connectivity index (χ0) is 17.1. The molecule has 0 spiro atoms. The van der Waals surface area contributed by atoms with E-state index in [1.165, 1.54) is 22.9 Å². The van der Waals surface area contributed by atoms with E-state index in [4.69, 9.17) is 10.5 Å². The minimum Gasteiger partial charge on any atom is -0.457 e. The van der Waals surface area contributed by atoms with Crippen molar-refractivity contribution < 1.29 is 13.5 Å². The Hall–Kier alpha value is -3.10. The molecule has 9 heteroatoms. The average Bonchev–Trinajstić information content (AvgIpc) is 3.05. The summed E-state index contributed by atoms with van der Waals surface area (Å²) in [7, 11) is 0. The number of nitrogens with two attached hydrogens (primary N) is 1. The van der Waals surface area contributed by atoms with Gasteiger partial charge in [0.25, 0.3) is 6.43 Å². The van der Waals surface area contributed by atoms with Gasteiger partial charge in [-0.05, 0) is 19.1 Å². The van der Waals surface area contributed by atoms with E-state index in [0.717, 1.165) is 5.56 Å². The van der Waals surface area contributed by atoms with Crippen molar-refractivity contribution in [3.05, 3.63) is 53.5 Å². The predicted octanol–water partition coefficient (Wildman–Crippen LogP) is 2.46. The summed E-state index contributed by atoms with van der Waals surface area (Å²) < 4.78 is 32.3. The molecule has 0 atom stereocenters. The van der Waals surface area contributed by atoms with Crippen LogP contribution in [-0.4, -0.2) is 25.0 Å². The SMILES string of the molecule is Cc1cnc(OCc2cn(-c3cccc(C(F)F)c3)nn2)nc1N. The zero-order valence-electron chi connectivity index (χ0n) is 12.7. The van der Waals surface area contributed by atoms with Crippen LogP contribution in [0.5, 0.6) is 6.01 Å². The van der Waals surface area contributed by atoms with E-state index in [2.05, 4.69) is 20.3 Å². The van der Waals surface area contributed by atoms with Gasteiger partial charge in [-0.2, -0.15) is 4.98 Å². The minimum absolute atomic E-state index is 0.0793. The molecule has 0 aliphatic carbocycles. The van der Waals surface area contributed by atoms with Crippen molar-refractivity contribution in [1.82, 2.24) is 25.0 Å². The third-order valence-electron chi connectivity index (χ3n) is 3.27. The van der Waals surface area contributed by atoms with E-state index in [-0.39, 0.29) is 18.2 Å². The van der Waals surface area contributed by atoms with Crippen molar-refractivity contribution >= 4 is 5.82 Å². The van der Waals surface area contributed by atoms with Crippen LogP contribution in [0.15, 0.2) is 36.7 Å². The van der Waals surface area contributed by atoms with Crippen molar-refractivity contribution in [3.8, 4) is 11.7 Å². The highest BCUT2D eigenvalue weighted by molar-refractivity contribution is 5.37. The number of benzene rings is 1. The Morgan fingerprint density at radius 3 is 2.92 bits per heavy atom. The molecule has 124 valence electrons.